The van der Waals surface area contributed by atoms with Crippen molar-refractivity contribution in [1.82, 2.24) is 0 Å². The molecule has 1 nitrogen and oxygen atoms in total. The summed E-state index contributed by atoms with van der Waals surface area (Å²) in [7, 11) is 0. The summed E-state index contributed by atoms with van der Waals surface area (Å²) in [6.07, 6.45) is 0. The van der Waals surface area contributed by atoms with E-state index in [2.05, 4.69) is 6.07 Å². The Balaban J connectivity index is 2.36. The van der Waals surface area contributed by atoms with Crippen LogP contribution < -0.4 is 0 Å². The fourth-order valence-corrected chi connectivity index (χ4v) is 2.87. The highest BCUT2D eigenvalue weighted by atomic mass is 35.5. The number of hydrogen-bond acceptors (Lipinski definition) is 2. The lowest BCUT2D eigenvalue weighted by atomic mass is 10.2. The Morgan fingerprint density at radius 1 is 1.06 bits per heavy atom. The molecule has 4 heteroatoms. The summed E-state index contributed by atoms with van der Waals surface area (Å²) in [6, 6.07) is 13.4. The van der Waals surface area contributed by atoms with Gasteiger partial charge in [0.25, 0.3) is 0 Å². The van der Waals surface area contributed by atoms with Crippen LogP contribution in [0.2, 0.25) is 10.0 Å². The Hall–Kier alpha value is -1.14. The predicted octanol–water partition coefficient (Wildman–Crippen LogP) is 5.32. The van der Waals surface area contributed by atoms with E-state index in [0.717, 1.165) is 15.4 Å². The minimum Gasteiger partial charge on any atom is -0.192 e. The SMILES string of the molecule is Cc1ccc(C#N)c(Sc2ccc(Cl)c(Cl)c2)c1. The molecule has 0 aliphatic rings. The molecule has 0 saturated carbocycles. The fraction of sp³-hybridized carbons (Fsp3) is 0.0714. The van der Waals surface area contributed by atoms with Crippen LogP contribution in [-0.2, 0) is 0 Å². The lowest BCUT2D eigenvalue weighted by molar-refractivity contribution is 1.30. The van der Waals surface area contributed by atoms with Gasteiger partial charge < -0.3 is 0 Å². The quantitative estimate of drug-likeness (QED) is 0.748. The maximum absolute atomic E-state index is 9.08. The van der Waals surface area contributed by atoms with Gasteiger partial charge in [0.05, 0.1) is 15.6 Å². The smallest absolute Gasteiger partial charge is 0.100 e. The van der Waals surface area contributed by atoms with E-state index in [-0.39, 0.29) is 0 Å². The molecule has 2 aromatic rings. The van der Waals surface area contributed by atoms with Crippen LogP contribution in [-0.4, -0.2) is 0 Å². The number of nitrogens with zero attached hydrogens (tertiary/aromatic N) is 1. The molecule has 0 heterocycles. The van der Waals surface area contributed by atoms with Crippen molar-refractivity contribution in [3.05, 3.63) is 57.6 Å². The second kappa shape index (κ2) is 5.67. The molecule has 0 bridgehead atoms. The molecule has 0 fully saturated rings. The number of benzene rings is 2. The largest absolute Gasteiger partial charge is 0.192 e. The van der Waals surface area contributed by atoms with Crippen LogP contribution in [0.5, 0.6) is 0 Å². The fourth-order valence-electron chi connectivity index (χ4n) is 1.47. The van der Waals surface area contributed by atoms with Crippen molar-refractivity contribution in [3.63, 3.8) is 0 Å². The van der Waals surface area contributed by atoms with Gasteiger partial charge in [-0.15, -0.1) is 0 Å². The Morgan fingerprint density at radius 3 is 2.50 bits per heavy atom. The molecular weight excluding hydrogens is 285 g/mol. The second-order valence-corrected chi connectivity index (χ2v) is 5.72. The van der Waals surface area contributed by atoms with E-state index < -0.39 is 0 Å². The van der Waals surface area contributed by atoms with Crippen molar-refractivity contribution < 1.29 is 0 Å². The van der Waals surface area contributed by atoms with E-state index in [9.17, 15) is 0 Å². The third-order valence-corrected chi connectivity index (χ3v) is 4.16. The van der Waals surface area contributed by atoms with Gasteiger partial charge in [-0.1, -0.05) is 41.0 Å². The Labute approximate surface area is 120 Å². The number of nitriles is 1. The third-order valence-electron chi connectivity index (χ3n) is 2.38. The van der Waals surface area contributed by atoms with Crippen molar-refractivity contribution in [3.8, 4) is 6.07 Å². The topological polar surface area (TPSA) is 23.8 Å². The van der Waals surface area contributed by atoms with Crippen molar-refractivity contribution in [2.45, 2.75) is 16.7 Å². The first-order chi connectivity index (χ1) is 8.60. The van der Waals surface area contributed by atoms with E-state index in [1.165, 1.54) is 11.8 Å². The van der Waals surface area contributed by atoms with Gasteiger partial charge in [0.15, 0.2) is 0 Å². The van der Waals surface area contributed by atoms with Gasteiger partial charge in [0, 0.05) is 9.79 Å². The molecule has 0 atom stereocenters. The second-order valence-electron chi connectivity index (χ2n) is 3.79. The summed E-state index contributed by atoms with van der Waals surface area (Å²) < 4.78 is 0. The molecule has 0 aromatic heterocycles. The first-order valence-corrected chi connectivity index (χ1v) is 6.81. The minimum absolute atomic E-state index is 0.521. The van der Waals surface area contributed by atoms with Crippen LogP contribution >= 0.6 is 35.0 Å². The van der Waals surface area contributed by atoms with Crippen molar-refractivity contribution in [2.75, 3.05) is 0 Å². The molecule has 0 N–H and O–H groups in total. The molecule has 2 rings (SSSR count). The molecule has 0 spiro atoms. The number of hydrogen-bond donors (Lipinski definition) is 0. The van der Waals surface area contributed by atoms with Gasteiger partial charge in [0.1, 0.15) is 6.07 Å². The van der Waals surface area contributed by atoms with E-state index in [4.69, 9.17) is 28.5 Å². The first-order valence-electron chi connectivity index (χ1n) is 5.24. The van der Waals surface area contributed by atoms with Gasteiger partial charge in [-0.2, -0.15) is 5.26 Å². The molecule has 0 aliphatic heterocycles. The number of aryl methyl sites for hydroxylation is 1. The van der Waals surface area contributed by atoms with Gasteiger partial charge >= 0.3 is 0 Å². The average molecular weight is 294 g/mol. The van der Waals surface area contributed by atoms with E-state index >= 15 is 0 Å². The summed E-state index contributed by atoms with van der Waals surface area (Å²) in [4.78, 5) is 1.89. The number of halogens is 2. The van der Waals surface area contributed by atoms with Crippen molar-refractivity contribution >= 4 is 35.0 Å². The Bertz CT molecular complexity index is 632. The van der Waals surface area contributed by atoms with Crippen LogP contribution in [0.4, 0.5) is 0 Å². The molecular formula is C14H9Cl2NS. The third kappa shape index (κ3) is 3.00. The van der Waals surface area contributed by atoms with Crippen LogP contribution in [0.3, 0.4) is 0 Å². The van der Waals surface area contributed by atoms with Crippen LogP contribution in [0, 0.1) is 18.3 Å². The van der Waals surface area contributed by atoms with E-state index in [1.807, 2.05) is 31.2 Å². The molecule has 0 aliphatic carbocycles. The molecule has 0 amide bonds. The zero-order chi connectivity index (χ0) is 13.1. The van der Waals surface area contributed by atoms with Crippen molar-refractivity contribution in [1.29, 1.82) is 5.26 Å². The summed E-state index contributed by atoms with van der Waals surface area (Å²) in [6.45, 7) is 2.00. The minimum atomic E-state index is 0.521. The highest BCUT2D eigenvalue weighted by Gasteiger charge is 2.06. The van der Waals surface area contributed by atoms with E-state index in [1.54, 1.807) is 12.1 Å². The maximum atomic E-state index is 9.08. The molecule has 18 heavy (non-hydrogen) atoms. The first kappa shape index (κ1) is 13.3. The monoisotopic (exact) mass is 293 g/mol. The average Bonchev–Trinajstić information content (AvgIpc) is 2.34. The van der Waals surface area contributed by atoms with Crippen LogP contribution in [0.1, 0.15) is 11.1 Å². The summed E-state index contributed by atoms with van der Waals surface area (Å²) in [5.74, 6) is 0. The highest BCUT2D eigenvalue weighted by molar-refractivity contribution is 7.99. The molecule has 0 radical (unpaired) electrons. The summed E-state index contributed by atoms with van der Waals surface area (Å²) in [5.41, 5.74) is 1.79. The van der Waals surface area contributed by atoms with E-state index in [0.29, 0.717) is 15.6 Å². The molecule has 2 aromatic carbocycles. The molecule has 0 unspecified atom stereocenters. The van der Waals surface area contributed by atoms with Crippen LogP contribution in [0.15, 0.2) is 46.2 Å². The van der Waals surface area contributed by atoms with Gasteiger partial charge in [-0.3, -0.25) is 0 Å². The lowest BCUT2D eigenvalue weighted by Crippen LogP contribution is -1.83. The van der Waals surface area contributed by atoms with Gasteiger partial charge in [-0.25, -0.2) is 0 Å². The lowest BCUT2D eigenvalue weighted by Gasteiger charge is -2.06. The van der Waals surface area contributed by atoms with Crippen molar-refractivity contribution in [2.24, 2.45) is 0 Å². The maximum Gasteiger partial charge on any atom is 0.100 e. The predicted molar refractivity (Wildman–Crippen MR) is 76.5 cm³/mol. The number of rotatable bonds is 2. The Kier molecular flexibility index (Phi) is 4.19. The van der Waals surface area contributed by atoms with Gasteiger partial charge in [-0.05, 0) is 42.8 Å². The summed E-state index contributed by atoms with van der Waals surface area (Å²) in [5, 5.41) is 10.1. The standard InChI is InChI=1S/C14H9Cl2NS/c1-9-2-3-10(8-17)14(6-9)18-11-4-5-12(15)13(16)7-11/h2-7H,1H3. The zero-order valence-corrected chi connectivity index (χ0v) is 11.9. The molecule has 0 saturated heterocycles. The zero-order valence-electron chi connectivity index (χ0n) is 9.58. The molecule has 90 valence electrons. The van der Waals surface area contributed by atoms with Crippen LogP contribution in [0.25, 0.3) is 0 Å². The normalized spacial score (nSPS) is 10.1. The summed E-state index contributed by atoms with van der Waals surface area (Å²) >= 11 is 13.4. The Morgan fingerprint density at radius 2 is 1.83 bits per heavy atom. The van der Waals surface area contributed by atoms with Gasteiger partial charge in [0.2, 0.25) is 0 Å². The highest BCUT2D eigenvalue weighted by Crippen LogP contribution is 2.34.